The number of hydrogen-bond donors (Lipinski definition) is 1. The van der Waals surface area contributed by atoms with Gasteiger partial charge in [-0.05, 0) is 25.7 Å². The van der Waals surface area contributed by atoms with Crippen molar-refractivity contribution in [2.45, 2.75) is 43.7 Å². The summed E-state index contributed by atoms with van der Waals surface area (Å²) in [5, 5.41) is 7.94. The zero-order valence-corrected chi connectivity index (χ0v) is 12.2. The molecule has 2 saturated heterocycles. The highest BCUT2D eigenvalue weighted by atomic mass is 16.5. The van der Waals surface area contributed by atoms with Gasteiger partial charge in [0.25, 0.3) is 0 Å². The Hall–Kier alpha value is -0.980. The lowest BCUT2D eigenvalue weighted by Crippen LogP contribution is -2.50. The van der Waals surface area contributed by atoms with E-state index in [2.05, 4.69) is 15.4 Å². The number of nitrogens with zero attached hydrogens (tertiary/aromatic N) is 3. The van der Waals surface area contributed by atoms with Crippen LogP contribution in [0.3, 0.4) is 0 Å². The minimum absolute atomic E-state index is 0.0669. The third-order valence-corrected chi connectivity index (χ3v) is 4.33. The fourth-order valence-electron chi connectivity index (χ4n) is 3.18. The summed E-state index contributed by atoms with van der Waals surface area (Å²) in [5.41, 5.74) is 0.0669. The van der Waals surface area contributed by atoms with Crippen molar-refractivity contribution in [2.24, 2.45) is 7.05 Å². The van der Waals surface area contributed by atoms with Crippen molar-refractivity contribution in [2.75, 3.05) is 26.4 Å². The van der Waals surface area contributed by atoms with E-state index >= 15 is 0 Å². The molecule has 3 rings (SSSR count). The summed E-state index contributed by atoms with van der Waals surface area (Å²) in [6, 6.07) is 0.547. The zero-order chi connectivity index (χ0) is 13.8. The largest absolute Gasteiger partial charge is 0.381 e. The van der Waals surface area contributed by atoms with Crippen LogP contribution in [0.1, 0.15) is 31.5 Å². The van der Waals surface area contributed by atoms with Gasteiger partial charge in [0.1, 0.15) is 6.33 Å². The molecular formula is C14H24N4O2. The van der Waals surface area contributed by atoms with E-state index in [1.807, 2.05) is 7.05 Å². The maximum Gasteiger partial charge on any atom is 0.151 e. The average Bonchev–Trinajstić information content (AvgIpc) is 2.86. The maximum absolute atomic E-state index is 6.06. The molecule has 112 valence electrons. The first-order valence-corrected chi connectivity index (χ1v) is 7.55. The summed E-state index contributed by atoms with van der Waals surface area (Å²) in [6.45, 7) is 3.47. The molecule has 2 aliphatic heterocycles. The molecule has 0 amide bonds. The predicted molar refractivity (Wildman–Crippen MR) is 74.5 cm³/mol. The van der Waals surface area contributed by atoms with Gasteiger partial charge >= 0.3 is 0 Å². The lowest BCUT2D eigenvalue weighted by Gasteiger charge is -2.43. The van der Waals surface area contributed by atoms with Gasteiger partial charge in [0.15, 0.2) is 5.82 Å². The van der Waals surface area contributed by atoms with Crippen molar-refractivity contribution in [3.63, 3.8) is 0 Å². The van der Waals surface area contributed by atoms with Crippen molar-refractivity contribution in [1.82, 2.24) is 20.1 Å². The second kappa shape index (κ2) is 6.20. The van der Waals surface area contributed by atoms with Crippen LogP contribution >= 0.6 is 0 Å². The molecule has 0 aliphatic carbocycles. The lowest BCUT2D eigenvalue weighted by molar-refractivity contribution is -0.140. The summed E-state index contributed by atoms with van der Waals surface area (Å²) in [4.78, 5) is 4.25. The number of nitrogens with one attached hydrogen (secondary N) is 1. The Morgan fingerprint density at radius 1 is 1.40 bits per heavy atom. The summed E-state index contributed by atoms with van der Waals surface area (Å²) >= 11 is 0. The van der Waals surface area contributed by atoms with Crippen LogP contribution in [0.25, 0.3) is 0 Å². The van der Waals surface area contributed by atoms with E-state index in [1.54, 1.807) is 11.0 Å². The minimum Gasteiger partial charge on any atom is -0.381 e. The van der Waals surface area contributed by atoms with Crippen LogP contribution in [0.15, 0.2) is 6.33 Å². The summed E-state index contributed by atoms with van der Waals surface area (Å²) < 4.78 is 13.3. The minimum atomic E-state index is 0.0669. The highest BCUT2D eigenvalue weighted by molar-refractivity contribution is 4.92. The summed E-state index contributed by atoms with van der Waals surface area (Å²) in [6.07, 6.45) is 6.90. The van der Waals surface area contributed by atoms with Crippen LogP contribution in [-0.2, 0) is 22.9 Å². The van der Waals surface area contributed by atoms with E-state index in [4.69, 9.17) is 9.47 Å². The van der Waals surface area contributed by atoms with Crippen molar-refractivity contribution >= 4 is 0 Å². The Labute approximate surface area is 119 Å². The zero-order valence-electron chi connectivity index (χ0n) is 12.2. The SMILES string of the molecule is Cn1cnc(CCNC2CCOC3(CCOCC3)C2)n1. The molecule has 6 heteroatoms. The number of aromatic nitrogens is 3. The van der Waals surface area contributed by atoms with Crippen LogP contribution in [-0.4, -0.2) is 52.8 Å². The molecule has 20 heavy (non-hydrogen) atoms. The van der Waals surface area contributed by atoms with Crippen LogP contribution < -0.4 is 5.32 Å². The topological polar surface area (TPSA) is 61.2 Å². The molecule has 1 spiro atoms. The fourth-order valence-corrected chi connectivity index (χ4v) is 3.18. The summed E-state index contributed by atoms with van der Waals surface area (Å²) in [5.74, 6) is 0.910. The lowest BCUT2D eigenvalue weighted by atomic mass is 9.84. The Balaban J connectivity index is 1.45. The van der Waals surface area contributed by atoms with Gasteiger partial charge in [-0.25, -0.2) is 4.98 Å². The second-order valence-corrected chi connectivity index (χ2v) is 5.87. The van der Waals surface area contributed by atoms with Gasteiger partial charge in [-0.2, -0.15) is 5.10 Å². The highest BCUT2D eigenvalue weighted by Gasteiger charge is 2.38. The van der Waals surface area contributed by atoms with Gasteiger partial charge < -0.3 is 14.8 Å². The van der Waals surface area contributed by atoms with Crippen molar-refractivity contribution < 1.29 is 9.47 Å². The molecule has 3 heterocycles. The quantitative estimate of drug-likeness (QED) is 0.878. The first kappa shape index (κ1) is 14.0. The molecule has 1 N–H and O–H groups in total. The van der Waals surface area contributed by atoms with Crippen molar-refractivity contribution in [3.8, 4) is 0 Å². The first-order chi connectivity index (χ1) is 9.76. The Bertz CT molecular complexity index is 423. The molecule has 2 aliphatic rings. The third-order valence-electron chi connectivity index (χ3n) is 4.33. The van der Waals surface area contributed by atoms with Gasteiger partial charge in [-0.3, -0.25) is 4.68 Å². The Kier molecular flexibility index (Phi) is 4.33. The molecule has 6 nitrogen and oxygen atoms in total. The molecule has 1 unspecified atom stereocenters. The van der Waals surface area contributed by atoms with Gasteiger partial charge in [-0.15, -0.1) is 0 Å². The highest BCUT2D eigenvalue weighted by Crippen LogP contribution is 2.34. The third kappa shape index (κ3) is 3.37. The standard InChI is InChI=1S/C14H24N4O2/c1-18-11-16-13(17-18)2-6-15-12-3-7-20-14(10-12)4-8-19-9-5-14/h11-12,15H,2-10H2,1H3. The molecule has 0 saturated carbocycles. The number of ether oxygens (including phenoxy) is 2. The van der Waals surface area contributed by atoms with E-state index in [1.165, 1.54) is 0 Å². The van der Waals surface area contributed by atoms with Crippen molar-refractivity contribution in [1.29, 1.82) is 0 Å². The van der Waals surface area contributed by atoms with Crippen molar-refractivity contribution in [3.05, 3.63) is 12.2 Å². The van der Waals surface area contributed by atoms with Gasteiger partial charge in [0, 0.05) is 45.9 Å². The molecule has 0 bridgehead atoms. The molecule has 2 fully saturated rings. The van der Waals surface area contributed by atoms with Crippen LogP contribution in [0, 0.1) is 0 Å². The number of aryl methyl sites for hydroxylation is 1. The van der Waals surface area contributed by atoms with E-state index in [0.29, 0.717) is 6.04 Å². The molecule has 1 aromatic heterocycles. The average molecular weight is 280 g/mol. The van der Waals surface area contributed by atoms with Gasteiger partial charge in [0.2, 0.25) is 0 Å². The Morgan fingerprint density at radius 2 is 2.25 bits per heavy atom. The van der Waals surface area contributed by atoms with Crippen LogP contribution in [0.2, 0.25) is 0 Å². The maximum atomic E-state index is 6.06. The number of hydrogen-bond acceptors (Lipinski definition) is 5. The molecule has 0 radical (unpaired) electrons. The number of rotatable bonds is 4. The van der Waals surface area contributed by atoms with Crippen LogP contribution in [0.5, 0.6) is 0 Å². The van der Waals surface area contributed by atoms with E-state index in [0.717, 1.165) is 64.3 Å². The monoisotopic (exact) mass is 280 g/mol. The van der Waals surface area contributed by atoms with Gasteiger partial charge in [-0.1, -0.05) is 0 Å². The molecule has 0 aromatic carbocycles. The molecular weight excluding hydrogens is 256 g/mol. The summed E-state index contributed by atoms with van der Waals surface area (Å²) in [7, 11) is 1.90. The Morgan fingerprint density at radius 3 is 3.00 bits per heavy atom. The van der Waals surface area contributed by atoms with Crippen LogP contribution in [0.4, 0.5) is 0 Å². The molecule has 1 aromatic rings. The predicted octanol–water partition coefficient (Wildman–Crippen LogP) is 0.675. The second-order valence-electron chi connectivity index (χ2n) is 5.87. The molecule has 1 atom stereocenters. The van der Waals surface area contributed by atoms with Gasteiger partial charge in [0.05, 0.1) is 5.60 Å². The van der Waals surface area contributed by atoms with E-state index in [9.17, 15) is 0 Å². The van der Waals surface area contributed by atoms with E-state index < -0.39 is 0 Å². The fraction of sp³-hybridized carbons (Fsp3) is 0.857. The first-order valence-electron chi connectivity index (χ1n) is 7.55. The normalized spacial score (nSPS) is 25.9. The smallest absolute Gasteiger partial charge is 0.151 e. The van der Waals surface area contributed by atoms with E-state index in [-0.39, 0.29) is 5.60 Å².